The summed E-state index contributed by atoms with van der Waals surface area (Å²) in [5.41, 5.74) is 7.07. The molecule has 72 valence electrons. The Hall–Kier alpha value is -0.930. The summed E-state index contributed by atoms with van der Waals surface area (Å²) >= 11 is 0. The second-order valence-corrected chi connectivity index (χ2v) is 3.16. The Bertz CT molecular complexity index is 288. The number of hydrogen-bond acceptors (Lipinski definition) is 2. The van der Waals surface area contributed by atoms with E-state index in [0.29, 0.717) is 6.42 Å². The molecule has 3 heteroatoms. The number of halogens is 1. The summed E-state index contributed by atoms with van der Waals surface area (Å²) in [7, 11) is 0. The lowest BCUT2D eigenvalue weighted by molar-refractivity contribution is 0.183. The van der Waals surface area contributed by atoms with Crippen molar-refractivity contribution >= 4 is 0 Å². The van der Waals surface area contributed by atoms with Crippen LogP contribution in [0.4, 0.5) is 4.39 Å². The van der Waals surface area contributed by atoms with Crippen LogP contribution in [0.2, 0.25) is 0 Å². The summed E-state index contributed by atoms with van der Waals surface area (Å²) in [4.78, 5) is 0. The van der Waals surface area contributed by atoms with E-state index < -0.39 is 6.10 Å². The van der Waals surface area contributed by atoms with Crippen molar-refractivity contribution in [3.8, 4) is 0 Å². The molecule has 1 rings (SSSR count). The lowest BCUT2D eigenvalue weighted by Crippen LogP contribution is -2.22. The van der Waals surface area contributed by atoms with E-state index in [0.717, 1.165) is 11.1 Å². The first-order valence-corrected chi connectivity index (χ1v) is 4.26. The minimum atomic E-state index is -0.538. The Balaban J connectivity index is 2.77. The fourth-order valence-corrected chi connectivity index (χ4v) is 1.23. The van der Waals surface area contributed by atoms with Gasteiger partial charge in [0.2, 0.25) is 0 Å². The zero-order valence-corrected chi connectivity index (χ0v) is 7.63. The van der Waals surface area contributed by atoms with Crippen LogP contribution < -0.4 is 5.73 Å². The molecule has 0 radical (unpaired) electrons. The van der Waals surface area contributed by atoms with E-state index >= 15 is 0 Å². The summed E-state index contributed by atoms with van der Waals surface area (Å²) in [6.45, 7) is 2.05. The third kappa shape index (κ3) is 2.79. The maximum Gasteiger partial charge on any atom is 0.123 e. The predicted molar refractivity (Wildman–Crippen MR) is 49.9 cm³/mol. The van der Waals surface area contributed by atoms with Crippen LogP contribution in [0, 0.1) is 12.7 Å². The number of nitrogens with two attached hydrogens (primary N) is 1. The van der Waals surface area contributed by atoms with E-state index in [1.54, 1.807) is 6.07 Å². The Morgan fingerprint density at radius 1 is 1.54 bits per heavy atom. The summed E-state index contributed by atoms with van der Waals surface area (Å²) in [5, 5.41) is 9.29. The van der Waals surface area contributed by atoms with Crippen molar-refractivity contribution in [2.45, 2.75) is 19.4 Å². The number of rotatable bonds is 3. The normalized spacial score (nSPS) is 12.9. The number of aryl methyl sites for hydroxylation is 1. The van der Waals surface area contributed by atoms with Gasteiger partial charge in [0.1, 0.15) is 5.82 Å². The number of aliphatic hydroxyl groups excluding tert-OH is 1. The molecule has 0 bridgehead atoms. The third-order valence-electron chi connectivity index (χ3n) is 2.03. The molecule has 0 fully saturated rings. The second-order valence-electron chi connectivity index (χ2n) is 3.16. The average Bonchev–Trinajstić information content (AvgIpc) is 2.09. The van der Waals surface area contributed by atoms with Crippen LogP contribution in [0.1, 0.15) is 11.1 Å². The van der Waals surface area contributed by atoms with Gasteiger partial charge in [-0.1, -0.05) is 6.07 Å². The van der Waals surface area contributed by atoms with Gasteiger partial charge in [0, 0.05) is 6.54 Å². The number of hydrogen-bond donors (Lipinski definition) is 2. The molecule has 1 unspecified atom stereocenters. The molecule has 0 aliphatic rings. The van der Waals surface area contributed by atoms with Gasteiger partial charge in [-0.25, -0.2) is 4.39 Å². The quantitative estimate of drug-likeness (QED) is 0.734. The Kier molecular flexibility index (Phi) is 3.39. The highest BCUT2D eigenvalue weighted by molar-refractivity contribution is 5.27. The van der Waals surface area contributed by atoms with Crippen LogP contribution in [-0.2, 0) is 6.42 Å². The van der Waals surface area contributed by atoms with Gasteiger partial charge in [0.25, 0.3) is 0 Å². The van der Waals surface area contributed by atoms with Crippen molar-refractivity contribution in [3.63, 3.8) is 0 Å². The van der Waals surface area contributed by atoms with Gasteiger partial charge in [0.05, 0.1) is 6.10 Å². The Labute approximate surface area is 77.2 Å². The predicted octanol–water partition coefficient (Wildman–Crippen LogP) is 0.996. The fraction of sp³-hybridized carbons (Fsp3) is 0.400. The van der Waals surface area contributed by atoms with E-state index in [4.69, 9.17) is 5.73 Å². The Morgan fingerprint density at radius 2 is 2.23 bits per heavy atom. The molecule has 1 atom stereocenters. The monoisotopic (exact) mass is 183 g/mol. The third-order valence-corrected chi connectivity index (χ3v) is 2.03. The molecule has 0 heterocycles. The van der Waals surface area contributed by atoms with Crippen LogP contribution >= 0.6 is 0 Å². The lowest BCUT2D eigenvalue weighted by atomic mass is 10.0. The molecule has 0 spiro atoms. The topological polar surface area (TPSA) is 46.2 Å². The van der Waals surface area contributed by atoms with Crippen molar-refractivity contribution < 1.29 is 9.50 Å². The molecule has 0 aliphatic carbocycles. The molecule has 0 aromatic heterocycles. The molecule has 0 amide bonds. The Morgan fingerprint density at radius 3 is 2.77 bits per heavy atom. The molecular weight excluding hydrogens is 169 g/mol. The lowest BCUT2D eigenvalue weighted by Gasteiger charge is -2.09. The van der Waals surface area contributed by atoms with E-state index in [9.17, 15) is 9.50 Å². The first-order chi connectivity index (χ1) is 6.13. The summed E-state index contributed by atoms with van der Waals surface area (Å²) in [6, 6.07) is 4.54. The molecule has 1 aromatic rings. The van der Waals surface area contributed by atoms with Gasteiger partial charge in [-0.3, -0.25) is 0 Å². The zero-order valence-electron chi connectivity index (χ0n) is 7.63. The van der Waals surface area contributed by atoms with Crippen LogP contribution in [0.25, 0.3) is 0 Å². The van der Waals surface area contributed by atoms with Gasteiger partial charge in [0.15, 0.2) is 0 Å². The van der Waals surface area contributed by atoms with Crippen molar-refractivity contribution in [3.05, 3.63) is 35.1 Å². The molecule has 0 aliphatic heterocycles. The molecular formula is C10H14FNO. The van der Waals surface area contributed by atoms with Crippen LogP contribution in [0.15, 0.2) is 18.2 Å². The largest absolute Gasteiger partial charge is 0.391 e. The van der Waals surface area contributed by atoms with Crippen molar-refractivity contribution in [2.75, 3.05) is 6.54 Å². The highest BCUT2D eigenvalue weighted by Crippen LogP contribution is 2.11. The maximum atomic E-state index is 12.7. The summed E-state index contributed by atoms with van der Waals surface area (Å²) < 4.78 is 12.7. The second kappa shape index (κ2) is 4.35. The number of benzene rings is 1. The van der Waals surface area contributed by atoms with E-state index in [1.165, 1.54) is 12.1 Å². The van der Waals surface area contributed by atoms with Crippen molar-refractivity contribution in [1.29, 1.82) is 0 Å². The molecule has 2 nitrogen and oxygen atoms in total. The van der Waals surface area contributed by atoms with Crippen LogP contribution in [-0.4, -0.2) is 17.8 Å². The first kappa shape index (κ1) is 10.2. The molecule has 0 saturated carbocycles. The minimum absolute atomic E-state index is 0.233. The van der Waals surface area contributed by atoms with E-state index in [-0.39, 0.29) is 12.4 Å². The fourth-order valence-electron chi connectivity index (χ4n) is 1.23. The SMILES string of the molecule is Cc1cc(F)ccc1CC(O)CN. The molecule has 1 aromatic carbocycles. The van der Waals surface area contributed by atoms with Gasteiger partial charge in [-0.15, -0.1) is 0 Å². The van der Waals surface area contributed by atoms with Crippen LogP contribution in [0.5, 0.6) is 0 Å². The highest BCUT2D eigenvalue weighted by Gasteiger charge is 2.05. The standard InChI is InChI=1S/C10H14FNO/c1-7-4-9(11)3-2-8(7)5-10(13)6-12/h2-4,10,13H,5-6,12H2,1H3. The molecule has 13 heavy (non-hydrogen) atoms. The zero-order chi connectivity index (χ0) is 9.84. The van der Waals surface area contributed by atoms with E-state index in [2.05, 4.69) is 0 Å². The van der Waals surface area contributed by atoms with Crippen molar-refractivity contribution in [2.24, 2.45) is 5.73 Å². The number of aliphatic hydroxyl groups is 1. The summed E-state index contributed by atoms with van der Waals surface area (Å²) in [6.07, 6.45) is -0.0491. The highest BCUT2D eigenvalue weighted by atomic mass is 19.1. The first-order valence-electron chi connectivity index (χ1n) is 4.26. The summed E-state index contributed by atoms with van der Waals surface area (Å²) in [5.74, 6) is -0.247. The molecule has 3 N–H and O–H groups in total. The molecule has 0 saturated heterocycles. The van der Waals surface area contributed by atoms with Crippen LogP contribution in [0.3, 0.4) is 0 Å². The van der Waals surface area contributed by atoms with Gasteiger partial charge in [-0.05, 0) is 36.6 Å². The van der Waals surface area contributed by atoms with Gasteiger partial charge >= 0.3 is 0 Å². The van der Waals surface area contributed by atoms with Gasteiger partial charge < -0.3 is 10.8 Å². The minimum Gasteiger partial charge on any atom is -0.391 e. The van der Waals surface area contributed by atoms with E-state index in [1.807, 2.05) is 6.92 Å². The van der Waals surface area contributed by atoms with Gasteiger partial charge in [-0.2, -0.15) is 0 Å². The van der Waals surface area contributed by atoms with Crippen molar-refractivity contribution in [1.82, 2.24) is 0 Å². The maximum absolute atomic E-state index is 12.7. The smallest absolute Gasteiger partial charge is 0.123 e. The average molecular weight is 183 g/mol.